The summed E-state index contributed by atoms with van der Waals surface area (Å²) >= 11 is 0. The van der Waals surface area contributed by atoms with Crippen LogP contribution in [0, 0.1) is 18.2 Å². The number of rotatable bonds is 4. The molecule has 0 amide bonds. The molecule has 2 rings (SSSR count). The Morgan fingerprint density at radius 1 is 1.56 bits per heavy atom. The SMILES string of the molecule is Cc1cc(N(C)CC2(C(=O)O)COC2)ccc1F. The van der Waals surface area contributed by atoms with Crippen LogP contribution in [-0.2, 0) is 9.53 Å². The fourth-order valence-corrected chi connectivity index (χ4v) is 2.04. The van der Waals surface area contributed by atoms with Crippen LogP contribution in [0.15, 0.2) is 18.2 Å². The number of anilines is 1. The van der Waals surface area contributed by atoms with Crippen molar-refractivity contribution in [3.63, 3.8) is 0 Å². The predicted molar refractivity (Wildman–Crippen MR) is 65.3 cm³/mol. The third kappa shape index (κ3) is 2.18. The van der Waals surface area contributed by atoms with E-state index in [-0.39, 0.29) is 19.0 Å². The van der Waals surface area contributed by atoms with Crippen molar-refractivity contribution in [1.29, 1.82) is 0 Å². The molecule has 1 aliphatic rings. The second-order valence-corrected chi connectivity index (χ2v) is 4.87. The number of aryl methyl sites for hydroxylation is 1. The van der Waals surface area contributed by atoms with E-state index in [1.807, 2.05) is 4.90 Å². The molecule has 1 saturated heterocycles. The highest BCUT2D eigenvalue weighted by molar-refractivity contribution is 5.77. The van der Waals surface area contributed by atoms with Gasteiger partial charge in [0.1, 0.15) is 11.2 Å². The summed E-state index contributed by atoms with van der Waals surface area (Å²) in [4.78, 5) is 13.0. The number of hydrogen-bond donors (Lipinski definition) is 1. The Bertz CT molecular complexity index is 471. The summed E-state index contributed by atoms with van der Waals surface area (Å²) in [6.07, 6.45) is 0. The summed E-state index contributed by atoms with van der Waals surface area (Å²) in [7, 11) is 1.80. The Labute approximate surface area is 105 Å². The largest absolute Gasteiger partial charge is 0.481 e. The maximum atomic E-state index is 13.2. The van der Waals surface area contributed by atoms with Gasteiger partial charge in [-0.05, 0) is 30.7 Å². The first-order chi connectivity index (χ1) is 8.44. The summed E-state index contributed by atoms with van der Waals surface area (Å²) in [6.45, 7) is 2.50. The van der Waals surface area contributed by atoms with Crippen molar-refractivity contribution >= 4 is 11.7 Å². The minimum Gasteiger partial charge on any atom is -0.481 e. The van der Waals surface area contributed by atoms with Crippen LogP contribution in [0.25, 0.3) is 0 Å². The number of carbonyl (C=O) groups is 1. The van der Waals surface area contributed by atoms with Crippen molar-refractivity contribution < 1.29 is 19.0 Å². The molecule has 1 aliphatic heterocycles. The first-order valence-electron chi connectivity index (χ1n) is 5.73. The van der Waals surface area contributed by atoms with Crippen LogP contribution in [0.1, 0.15) is 5.56 Å². The zero-order chi connectivity index (χ0) is 13.3. The maximum absolute atomic E-state index is 13.2. The lowest BCUT2D eigenvalue weighted by Gasteiger charge is -2.40. The molecule has 0 spiro atoms. The molecule has 0 aromatic heterocycles. The molecule has 1 heterocycles. The van der Waals surface area contributed by atoms with Gasteiger partial charge < -0.3 is 14.7 Å². The quantitative estimate of drug-likeness (QED) is 0.886. The predicted octanol–water partition coefficient (Wildman–Crippen LogP) is 1.67. The number of carboxylic acids is 1. The first-order valence-corrected chi connectivity index (χ1v) is 5.73. The average Bonchev–Trinajstić information content (AvgIpc) is 2.26. The molecular formula is C13H16FNO3. The number of nitrogens with zero attached hydrogens (tertiary/aromatic N) is 1. The van der Waals surface area contributed by atoms with Gasteiger partial charge in [0.05, 0.1) is 13.2 Å². The van der Waals surface area contributed by atoms with Gasteiger partial charge in [-0.15, -0.1) is 0 Å². The van der Waals surface area contributed by atoms with Gasteiger partial charge in [0.15, 0.2) is 0 Å². The molecule has 5 heteroatoms. The van der Waals surface area contributed by atoms with E-state index in [1.165, 1.54) is 6.07 Å². The molecule has 0 aliphatic carbocycles. The first kappa shape index (κ1) is 12.8. The third-order valence-electron chi connectivity index (χ3n) is 3.33. The lowest BCUT2D eigenvalue weighted by molar-refractivity contribution is -0.177. The zero-order valence-corrected chi connectivity index (χ0v) is 10.4. The molecule has 98 valence electrons. The highest BCUT2D eigenvalue weighted by Gasteiger charge is 2.47. The van der Waals surface area contributed by atoms with E-state index in [1.54, 1.807) is 26.1 Å². The fourth-order valence-electron chi connectivity index (χ4n) is 2.04. The Kier molecular flexibility index (Phi) is 3.26. The van der Waals surface area contributed by atoms with Gasteiger partial charge in [-0.3, -0.25) is 4.79 Å². The van der Waals surface area contributed by atoms with Crippen LogP contribution in [0.2, 0.25) is 0 Å². The normalized spacial score (nSPS) is 17.1. The highest BCUT2D eigenvalue weighted by Crippen LogP contribution is 2.30. The highest BCUT2D eigenvalue weighted by atomic mass is 19.1. The number of ether oxygens (including phenoxy) is 1. The molecule has 1 aromatic rings. The molecule has 0 atom stereocenters. The Hall–Kier alpha value is -1.62. The van der Waals surface area contributed by atoms with Gasteiger partial charge in [0.25, 0.3) is 0 Å². The summed E-state index contributed by atoms with van der Waals surface area (Å²) < 4.78 is 18.2. The Balaban J connectivity index is 2.14. The summed E-state index contributed by atoms with van der Waals surface area (Å²) in [5.41, 5.74) is 0.520. The van der Waals surface area contributed by atoms with Crippen molar-refractivity contribution in [3.8, 4) is 0 Å². The van der Waals surface area contributed by atoms with E-state index >= 15 is 0 Å². The van der Waals surface area contributed by atoms with Crippen molar-refractivity contribution in [3.05, 3.63) is 29.6 Å². The molecule has 0 radical (unpaired) electrons. The molecule has 0 unspecified atom stereocenters. The van der Waals surface area contributed by atoms with E-state index in [0.29, 0.717) is 12.1 Å². The minimum atomic E-state index is -0.848. The van der Waals surface area contributed by atoms with Crippen molar-refractivity contribution in [1.82, 2.24) is 0 Å². The van der Waals surface area contributed by atoms with Gasteiger partial charge in [0.2, 0.25) is 0 Å². The lowest BCUT2D eigenvalue weighted by Crippen LogP contribution is -2.55. The van der Waals surface area contributed by atoms with Crippen molar-refractivity contribution in [2.24, 2.45) is 5.41 Å². The van der Waals surface area contributed by atoms with E-state index in [0.717, 1.165) is 5.69 Å². The van der Waals surface area contributed by atoms with E-state index in [2.05, 4.69) is 0 Å². The van der Waals surface area contributed by atoms with Gasteiger partial charge >= 0.3 is 5.97 Å². The molecule has 18 heavy (non-hydrogen) atoms. The average molecular weight is 253 g/mol. The van der Waals surface area contributed by atoms with Crippen LogP contribution in [0.3, 0.4) is 0 Å². The minimum absolute atomic E-state index is 0.229. The summed E-state index contributed by atoms with van der Waals surface area (Å²) in [6, 6.07) is 4.76. The number of halogens is 1. The molecule has 1 N–H and O–H groups in total. The Morgan fingerprint density at radius 3 is 2.67 bits per heavy atom. The number of benzene rings is 1. The lowest BCUT2D eigenvalue weighted by atomic mass is 9.85. The monoisotopic (exact) mass is 253 g/mol. The van der Waals surface area contributed by atoms with Crippen LogP contribution in [0.4, 0.5) is 10.1 Å². The molecule has 1 fully saturated rings. The number of aliphatic carboxylic acids is 1. The van der Waals surface area contributed by atoms with Gasteiger partial charge in [-0.25, -0.2) is 4.39 Å². The van der Waals surface area contributed by atoms with Gasteiger partial charge in [-0.2, -0.15) is 0 Å². The van der Waals surface area contributed by atoms with Crippen molar-refractivity contribution in [2.45, 2.75) is 6.92 Å². The van der Waals surface area contributed by atoms with Gasteiger partial charge in [-0.1, -0.05) is 0 Å². The zero-order valence-electron chi connectivity index (χ0n) is 10.4. The molecule has 1 aromatic carbocycles. The van der Waals surface area contributed by atoms with Crippen molar-refractivity contribution in [2.75, 3.05) is 31.7 Å². The second-order valence-electron chi connectivity index (χ2n) is 4.87. The van der Waals surface area contributed by atoms with Crippen LogP contribution < -0.4 is 4.90 Å². The number of carboxylic acid groups (broad SMARTS) is 1. The smallest absolute Gasteiger partial charge is 0.316 e. The molecule has 0 bridgehead atoms. The fraction of sp³-hybridized carbons (Fsp3) is 0.462. The third-order valence-corrected chi connectivity index (χ3v) is 3.33. The topological polar surface area (TPSA) is 49.8 Å². The molecular weight excluding hydrogens is 237 g/mol. The summed E-state index contributed by atoms with van der Waals surface area (Å²) in [5.74, 6) is -1.11. The molecule has 4 nitrogen and oxygen atoms in total. The van der Waals surface area contributed by atoms with Crippen LogP contribution in [0.5, 0.6) is 0 Å². The summed E-state index contributed by atoms with van der Waals surface area (Å²) in [5, 5.41) is 9.21. The molecule has 0 saturated carbocycles. The number of hydrogen-bond acceptors (Lipinski definition) is 3. The second kappa shape index (κ2) is 4.57. The standard InChI is InChI=1S/C13H16FNO3/c1-9-5-10(3-4-11(9)14)15(2)6-13(12(16)17)7-18-8-13/h3-5H,6-8H2,1-2H3,(H,16,17). The van der Waals surface area contributed by atoms with E-state index in [4.69, 9.17) is 4.74 Å². The van der Waals surface area contributed by atoms with E-state index in [9.17, 15) is 14.3 Å². The van der Waals surface area contributed by atoms with Crippen LogP contribution >= 0.6 is 0 Å². The Morgan fingerprint density at radius 2 is 2.22 bits per heavy atom. The van der Waals surface area contributed by atoms with Gasteiger partial charge in [0, 0.05) is 19.3 Å². The van der Waals surface area contributed by atoms with E-state index < -0.39 is 11.4 Å². The maximum Gasteiger partial charge on any atom is 0.316 e. The van der Waals surface area contributed by atoms with Crippen LogP contribution in [-0.4, -0.2) is 37.9 Å².